The SMILES string of the molecule is COc1ccc(NC(=O)Nc2cc(C(F)(F)F)ccc2Oc2ccccc2-c2ccccc2)cc1OC. The molecule has 0 saturated heterocycles. The van der Waals surface area contributed by atoms with Gasteiger partial charge in [0.25, 0.3) is 0 Å². The second-order valence-electron chi connectivity index (χ2n) is 7.82. The summed E-state index contributed by atoms with van der Waals surface area (Å²) in [5.74, 6) is 1.29. The normalized spacial score (nSPS) is 10.9. The summed E-state index contributed by atoms with van der Waals surface area (Å²) in [6.07, 6.45) is -4.61. The van der Waals surface area contributed by atoms with Gasteiger partial charge in [0.1, 0.15) is 5.75 Å². The van der Waals surface area contributed by atoms with Gasteiger partial charge in [0.15, 0.2) is 17.2 Å². The average Bonchev–Trinajstić information content (AvgIpc) is 2.89. The molecular formula is C28H23F3N2O4. The van der Waals surface area contributed by atoms with Crippen molar-refractivity contribution < 1.29 is 32.2 Å². The predicted molar refractivity (Wildman–Crippen MR) is 136 cm³/mol. The summed E-state index contributed by atoms with van der Waals surface area (Å²) in [5.41, 5.74) is 0.863. The summed E-state index contributed by atoms with van der Waals surface area (Å²) in [7, 11) is 2.92. The van der Waals surface area contributed by atoms with E-state index in [4.69, 9.17) is 14.2 Å². The number of urea groups is 1. The Morgan fingerprint density at radius 3 is 2.08 bits per heavy atom. The molecule has 190 valence electrons. The maximum atomic E-state index is 13.5. The van der Waals surface area contributed by atoms with Gasteiger partial charge in [0.05, 0.1) is 25.5 Å². The maximum absolute atomic E-state index is 13.5. The summed E-state index contributed by atoms with van der Waals surface area (Å²) < 4.78 is 56.8. The zero-order chi connectivity index (χ0) is 26.4. The molecule has 0 atom stereocenters. The summed E-state index contributed by atoms with van der Waals surface area (Å²) >= 11 is 0. The fourth-order valence-corrected chi connectivity index (χ4v) is 3.62. The monoisotopic (exact) mass is 508 g/mol. The van der Waals surface area contributed by atoms with Crippen molar-refractivity contribution in [3.8, 4) is 34.1 Å². The number of nitrogens with one attached hydrogen (secondary N) is 2. The molecule has 0 heterocycles. The van der Waals surface area contributed by atoms with E-state index in [1.54, 1.807) is 24.3 Å². The summed E-state index contributed by atoms with van der Waals surface area (Å²) in [6, 6.07) is 23.4. The molecule has 0 aliphatic rings. The Bertz CT molecular complexity index is 1390. The van der Waals surface area contributed by atoms with Gasteiger partial charge in [-0.25, -0.2) is 4.79 Å². The summed E-state index contributed by atoms with van der Waals surface area (Å²) in [4.78, 5) is 12.8. The van der Waals surface area contributed by atoms with Crippen molar-refractivity contribution in [1.29, 1.82) is 0 Å². The number of anilines is 2. The number of ether oxygens (including phenoxy) is 3. The van der Waals surface area contributed by atoms with Crippen molar-refractivity contribution in [3.63, 3.8) is 0 Å². The number of alkyl halides is 3. The van der Waals surface area contributed by atoms with Crippen LogP contribution in [0.3, 0.4) is 0 Å². The van der Waals surface area contributed by atoms with Gasteiger partial charge in [0.2, 0.25) is 0 Å². The third-order valence-electron chi connectivity index (χ3n) is 5.39. The third-order valence-corrected chi connectivity index (χ3v) is 5.39. The number of carbonyl (C=O) groups is 1. The van der Waals surface area contributed by atoms with E-state index in [1.807, 2.05) is 42.5 Å². The first-order valence-electron chi connectivity index (χ1n) is 11.1. The Hall–Kier alpha value is -4.66. The second kappa shape index (κ2) is 10.9. The number of halogens is 3. The number of para-hydroxylation sites is 1. The Kier molecular flexibility index (Phi) is 7.52. The lowest BCUT2D eigenvalue weighted by molar-refractivity contribution is -0.137. The third kappa shape index (κ3) is 6.13. The zero-order valence-corrected chi connectivity index (χ0v) is 19.9. The molecule has 9 heteroatoms. The van der Waals surface area contributed by atoms with Crippen LogP contribution in [0.25, 0.3) is 11.1 Å². The fraction of sp³-hybridized carbons (Fsp3) is 0.107. The number of rotatable bonds is 7. The van der Waals surface area contributed by atoms with Crippen LogP contribution in [0.2, 0.25) is 0 Å². The van der Waals surface area contributed by atoms with Crippen molar-refractivity contribution in [3.05, 3.63) is 96.6 Å². The highest BCUT2D eigenvalue weighted by molar-refractivity contribution is 6.01. The number of carbonyl (C=O) groups excluding carboxylic acids is 1. The van der Waals surface area contributed by atoms with Gasteiger partial charge >= 0.3 is 12.2 Å². The van der Waals surface area contributed by atoms with E-state index < -0.39 is 17.8 Å². The second-order valence-corrected chi connectivity index (χ2v) is 7.82. The molecule has 0 unspecified atom stereocenters. The average molecular weight is 508 g/mol. The minimum atomic E-state index is -4.61. The molecule has 0 aliphatic carbocycles. The van der Waals surface area contributed by atoms with Gasteiger partial charge in [-0.05, 0) is 42.0 Å². The zero-order valence-electron chi connectivity index (χ0n) is 19.9. The van der Waals surface area contributed by atoms with Crippen molar-refractivity contribution in [2.24, 2.45) is 0 Å². The molecule has 37 heavy (non-hydrogen) atoms. The molecule has 4 aromatic carbocycles. The molecule has 0 fully saturated rings. The van der Waals surface area contributed by atoms with Crippen LogP contribution in [0.5, 0.6) is 23.0 Å². The first kappa shape index (κ1) is 25.4. The molecule has 2 N–H and O–H groups in total. The lowest BCUT2D eigenvalue weighted by Gasteiger charge is -2.17. The van der Waals surface area contributed by atoms with E-state index in [2.05, 4.69) is 10.6 Å². The van der Waals surface area contributed by atoms with Crippen LogP contribution in [0.15, 0.2) is 91.0 Å². The minimum absolute atomic E-state index is 0.0406. The Morgan fingerprint density at radius 1 is 0.703 bits per heavy atom. The standard InChI is InChI=1S/C28H23F3N2O4/c1-35-25-15-13-20(17-26(25)36-2)32-27(34)33-22-16-19(28(29,30)31)12-14-24(22)37-23-11-7-6-10-21(23)18-8-4-3-5-9-18/h3-17H,1-2H3,(H2,32,33,34). The molecule has 0 saturated carbocycles. The number of hydrogen-bond donors (Lipinski definition) is 2. The largest absolute Gasteiger partial charge is 0.493 e. The van der Waals surface area contributed by atoms with Crippen LogP contribution in [0, 0.1) is 0 Å². The molecule has 0 radical (unpaired) electrons. The van der Waals surface area contributed by atoms with Crippen molar-refractivity contribution >= 4 is 17.4 Å². The van der Waals surface area contributed by atoms with Crippen LogP contribution in [0.1, 0.15) is 5.56 Å². The van der Waals surface area contributed by atoms with Crippen LogP contribution in [-0.4, -0.2) is 20.3 Å². The maximum Gasteiger partial charge on any atom is 0.416 e. The van der Waals surface area contributed by atoms with Crippen molar-refractivity contribution in [2.75, 3.05) is 24.9 Å². The number of amides is 2. The van der Waals surface area contributed by atoms with Crippen LogP contribution in [-0.2, 0) is 6.18 Å². The van der Waals surface area contributed by atoms with E-state index in [-0.39, 0.29) is 11.4 Å². The first-order chi connectivity index (χ1) is 17.8. The smallest absolute Gasteiger partial charge is 0.416 e. The molecule has 0 bridgehead atoms. The minimum Gasteiger partial charge on any atom is -0.493 e. The number of methoxy groups -OCH3 is 2. The highest BCUT2D eigenvalue weighted by atomic mass is 19.4. The van der Waals surface area contributed by atoms with E-state index in [9.17, 15) is 18.0 Å². The van der Waals surface area contributed by atoms with Gasteiger partial charge in [-0.3, -0.25) is 0 Å². The lowest BCUT2D eigenvalue weighted by Crippen LogP contribution is -2.20. The van der Waals surface area contributed by atoms with Crippen molar-refractivity contribution in [2.45, 2.75) is 6.18 Å². The van der Waals surface area contributed by atoms with Gasteiger partial charge in [-0.15, -0.1) is 0 Å². The van der Waals surface area contributed by atoms with E-state index in [1.165, 1.54) is 26.4 Å². The molecule has 0 spiro atoms. The van der Waals surface area contributed by atoms with Crippen molar-refractivity contribution in [1.82, 2.24) is 0 Å². The molecular weight excluding hydrogens is 485 g/mol. The molecule has 0 aliphatic heterocycles. The topological polar surface area (TPSA) is 68.8 Å². The van der Waals surface area contributed by atoms with Gasteiger partial charge in [0, 0.05) is 17.3 Å². The van der Waals surface area contributed by atoms with Gasteiger partial charge < -0.3 is 24.8 Å². The number of benzene rings is 4. The highest BCUT2D eigenvalue weighted by Gasteiger charge is 2.31. The van der Waals surface area contributed by atoms with Crippen LogP contribution >= 0.6 is 0 Å². The molecule has 2 amide bonds. The Morgan fingerprint density at radius 2 is 1.38 bits per heavy atom. The fourth-order valence-electron chi connectivity index (χ4n) is 3.62. The van der Waals surface area contributed by atoms with E-state index >= 15 is 0 Å². The molecule has 4 aromatic rings. The lowest BCUT2D eigenvalue weighted by atomic mass is 10.0. The molecule has 4 rings (SSSR count). The Balaban J connectivity index is 1.64. The van der Waals surface area contributed by atoms with Crippen LogP contribution < -0.4 is 24.8 Å². The van der Waals surface area contributed by atoms with Gasteiger partial charge in [-0.1, -0.05) is 48.5 Å². The summed E-state index contributed by atoms with van der Waals surface area (Å²) in [6.45, 7) is 0. The first-order valence-corrected chi connectivity index (χ1v) is 11.1. The predicted octanol–water partition coefficient (Wildman–Crippen LogP) is 7.83. The summed E-state index contributed by atoms with van der Waals surface area (Å²) in [5, 5.41) is 5.05. The van der Waals surface area contributed by atoms with E-state index in [0.29, 0.717) is 22.9 Å². The van der Waals surface area contributed by atoms with Gasteiger partial charge in [-0.2, -0.15) is 13.2 Å². The highest BCUT2D eigenvalue weighted by Crippen LogP contribution is 2.39. The Labute approximate surface area is 211 Å². The van der Waals surface area contributed by atoms with E-state index in [0.717, 1.165) is 23.3 Å². The molecule has 6 nitrogen and oxygen atoms in total. The quantitative estimate of drug-likeness (QED) is 0.267. The van der Waals surface area contributed by atoms with Crippen LogP contribution in [0.4, 0.5) is 29.3 Å². The number of hydrogen-bond acceptors (Lipinski definition) is 4. The molecule has 0 aromatic heterocycles.